The second-order valence-corrected chi connectivity index (χ2v) is 7.34. The van der Waals surface area contributed by atoms with Crippen molar-refractivity contribution in [3.8, 4) is 0 Å². The third kappa shape index (κ3) is 2.67. The molecule has 0 atom stereocenters. The van der Waals surface area contributed by atoms with Crippen LogP contribution >= 0.6 is 11.3 Å². The lowest BCUT2D eigenvalue weighted by Crippen LogP contribution is -2.37. The summed E-state index contributed by atoms with van der Waals surface area (Å²) in [6, 6.07) is 0.703. The van der Waals surface area contributed by atoms with Crippen LogP contribution in [-0.2, 0) is 6.54 Å². The summed E-state index contributed by atoms with van der Waals surface area (Å²) in [7, 11) is 2.12. The van der Waals surface area contributed by atoms with Crippen molar-refractivity contribution in [2.45, 2.75) is 44.4 Å². The number of thiazole rings is 1. The highest BCUT2D eigenvalue weighted by atomic mass is 32.1. The first kappa shape index (κ1) is 13.5. The van der Waals surface area contributed by atoms with E-state index in [0.717, 1.165) is 36.7 Å². The zero-order valence-electron chi connectivity index (χ0n) is 12.3. The average Bonchev–Trinajstić information content (AvgIpc) is 3.02. The number of aliphatic hydroxyl groups excluding tert-OH is 1. The lowest BCUT2D eigenvalue weighted by molar-refractivity contribution is 0.0464. The number of anilines is 1. The van der Waals surface area contributed by atoms with Crippen LogP contribution in [0.1, 0.15) is 31.4 Å². The van der Waals surface area contributed by atoms with Gasteiger partial charge in [0.2, 0.25) is 0 Å². The Balaban J connectivity index is 1.53. The number of hydrogen-bond donors (Lipinski definition) is 2. The van der Waals surface area contributed by atoms with E-state index in [1.807, 2.05) is 0 Å². The number of fused-ring (bicyclic) bond motifs is 1. The second kappa shape index (κ2) is 5.26. The summed E-state index contributed by atoms with van der Waals surface area (Å²) in [5.74, 6) is 1.70. The highest BCUT2D eigenvalue weighted by Gasteiger charge is 2.29. The molecular formula is C15H22N4OS. The summed E-state index contributed by atoms with van der Waals surface area (Å²) in [6.45, 7) is 1.87. The van der Waals surface area contributed by atoms with Crippen molar-refractivity contribution in [2.75, 3.05) is 18.5 Å². The third-order valence-electron chi connectivity index (χ3n) is 4.58. The number of nitrogens with one attached hydrogen (secondary N) is 1. The van der Waals surface area contributed by atoms with Gasteiger partial charge in [-0.1, -0.05) is 0 Å². The van der Waals surface area contributed by atoms with Crippen molar-refractivity contribution in [1.29, 1.82) is 0 Å². The van der Waals surface area contributed by atoms with Gasteiger partial charge in [-0.05, 0) is 31.6 Å². The molecule has 2 aliphatic carbocycles. The molecule has 0 aliphatic heterocycles. The molecule has 4 rings (SSSR count). The Morgan fingerprint density at radius 1 is 1.48 bits per heavy atom. The maximum atomic E-state index is 9.44. The van der Waals surface area contributed by atoms with E-state index in [-0.39, 0.29) is 6.10 Å². The minimum Gasteiger partial charge on any atom is -0.393 e. The Bertz CT molecular complexity index is 627. The smallest absolute Gasteiger partial charge is 0.195 e. The van der Waals surface area contributed by atoms with Crippen LogP contribution in [0, 0.1) is 5.92 Å². The van der Waals surface area contributed by atoms with Crippen LogP contribution in [0.25, 0.3) is 4.96 Å². The number of imidazole rings is 1. The molecule has 0 radical (unpaired) electrons. The fourth-order valence-corrected chi connectivity index (χ4v) is 3.87. The minimum absolute atomic E-state index is 0.0788. The summed E-state index contributed by atoms with van der Waals surface area (Å²) < 4.78 is 2.21. The second-order valence-electron chi connectivity index (χ2n) is 6.46. The maximum Gasteiger partial charge on any atom is 0.195 e. The quantitative estimate of drug-likeness (QED) is 0.855. The minimum atomic E-state index is -0.0788. The Morgan fingerprint density at radius 3 is 3.00 bits per heavy atom. The Hall–Kier alpha value is -1.11. The molecule has 6 heteroatoms. The topological polar surface area (TPSA) is 52.8 Å². The SMILES string of the molecule is CN(CC1CC(O)C1)c1nc2sccn2c1CNC1CC1. The van der Waals surface area contributed by atoms with E-state index in [1.165, 1.54) is 18.5 Å². The highest BCUT2D eigenvalue weighted by molar-refractivity contribution is 7.15. The largest absolute Gasteiger partial charge is 0.393 e. The molecule has 0 aromatic carbocycles. The fourth-order valence-electron chi connectivity index (χ4n) is 3.14. The standard InChI is InChI=1S/C15H22N4OS/c1-18(9-10-6-12(20)7-10)14-13(8-16-11-2-3-11)19-4-5-21-15(19)17-14/h4-5,10-12,16,20H,2-3,6-9H2,1H3. The molecule has 2 fully saturated rings. The average molecular weight is 306 g/mol. The van der Waals surface area contributed by atoms with Crippen LogP contribution in [0.2, 0.25) is 0 Å². The molecule has 0 amide bonds. The van der Waals surface area contributed by atoms with Crippen molar-refractivity contribution >= 4 is 22.1 Å². The molecule has 2 aliphatic rings. The molecule has 0 bridgehead atoms. The molecule has 114 valence electrons. The van der Waals surface area contributed by atoms with E-state index < -0.39 is 0 Å². The molecule has 0 unspecified atom stereocenters. The van der Waals surface area contributed by atoms with E-state index in [1.54, 1.807) is 11.3 Å². The van der Waals surface area contributed by atoms with Crippen LogP contribution in [-0.4, -0.2) is 40.2 Å². The lowest BCUT2D eigenvalue weighted by Gasteiger charge is -2.34. The summed E-state index contributed by atoms with van der Waals surface area (Å²) in [4.78, 5) is 8.14. The zero-order valence-corrected chi connectivity index (χ0v) is 13.1. The van der Waals surface area contributed by atoms with Gasteiger partial charge in [0.05, 0.1) is 11.8 Å². The Kier molecular flexibility index (Phi) is 3.40. The van der Waals surface area contributed by atoms with Gasteiger partial charge in [-0.25, -0.2) is 4.98 Å². The first-order chi connectivity index (χ1) is 10.2. The molecule has 2 heterocycles. The molecule has 0 spiro atoms. The third-order valence-corrected chi connectivity index (χ3v) is 5.34. The van der Waals surface area contributed by atoms with Gasteiger partial charge in [-0.3, -0.25) is 4.40 Å². The molecule has 5 nitrogen and oxygen atoms in total. The van der Waals surface area contributed by atoms with Gasteiger partial charge >= 0.3 is 0 Å². The molecule has 0 saturated heterocycles. The number of hydrogen-bond acceptors (Lipinski definition) is 5. The van der Waals surface area contributed by atoms with Gasteiger partial charge in [-0.15, -0.1) is 11.3 Å². The van der Waals surface area contributed by atoms with Crippen LogP contribution in [0.3, 0.4) is 0 Å². The first-order valence-electron chi connectivity index (χ1n) is 7.77. The number of aliphatic hydroxyl groups is 1. The summed E-state index contributed by atoms with van der Waals surface area (Å²) >= 11 is 1.69. The molecular weight excluding hydrogens is 284 g/mol. The highest BCUT2D eigenvalue weighted by Crippen LogP contribution is 2.31. The Labute approximate surface area is 128 Å². The van der Waals surface area contributed by atoms with E-state index in [0.29, 0.717) is 12.0 Å². The van der Waals surface area contributed by atoms with E-state index >= 15 is 0 Å². The first-order valence-corrected chi connectivity index (χ1v) is 8.65. The van der Waals surface area contributed by atoms with Gasteiger partial charge in [0.25, 0.3) is 0 Å². The van der Waals surface area contributed by atoms with E-state index in [9.17, 15) is 5.11 Å². The van der Waals surface area contributed by atoms with Crippen molar-refractivity contribution in [3.05, 3.63) is 17.3 Å². The van der Waals surface area contributed by atoms with Crippen molar-refractivity contribution in [2.24, 2.45) is 5.92 Å². The van der Waals surface area contributed by atoms with Crippen molar-refractivity contribution < 1.29 is 5.11 Å². The summed E-state index contributed by atoms with van der Waals surface area (Å²) in [6.07, 6.45) is 6.50. The lowest BCUT2D eigenvalue weighted by atomic mass is 9.82. The van der Waals surface area contributed by atoms with Gasteiger partial charge in [-0.2, -0.15) is 0 Å². The summed E-state index contributed by atoms with van der Waals surface area (Å²) in [5.41, 5.74) is 1.26. The molecule has 21 heavy (non-hydrogen) atoms. The predicted molar refractivity (Wildman–Crippen MR) is 84.9 cm³/mol. The predicted octanol–water partition coefficient (Wildman–Crippen LogP) is 1.85. The molecule has 2 aromatic heterocycles. The van der Waals surface area contributed by atoms with E-state index in [4.69, 9.17) is 4.98 Å². The van der Waals surface area contributed by atoms with Crippen LogP contribution in [0.4, 0.5) is 5.82 Å². The van der Waals surface area contributed by atoms with Crippen LogP contribution < -0.4 is 10.2 Å². The summed E-state index contributed by atoms with van der Waals surface area (Å²) in [5, 5.41) is 15.1. The fraction of sp³-hybridized carbons (Fsp3) is 0.667. The zero-order chi connectivity index (χ0) is 14.4. The monoisotopic (exact) mass is 306 g/mol. The van der Waals surface area contributed by atoms with E-state index in [2.05, 4.69) is 33.2 Å². The number of rotatable bonds is 6. The van der Waals surface area contributed by atoms with Crippen molar-refractivity contribution in [1.82, 2.24) is 14.7 Å². The molecule has 2 N–H and O–H groups in total. The maximum absolute atomic E-state index is 9.44. The Morgan fingerprint density at radius 2 is 2.29 bits per heavy atom. The van der Waals surface area contributed by atoms with Gasteiger partial charge in [0.1, 0.15) is 0 Å². The molecule has 2 saturated carbocycles. The van der Waals surface area contributed by atoms with Gasteiger partial charge < -0.3 is 15.3 Å². The van der Waals surface area contributed by atoms with Gasteiger partial charge in [0, 0.05) is 37.8 Å². The number of nitrogens with zero attached hydrogens (tertiary/aromatic N) is 3. The number of aromatic nitrogens is 2. The van der Waals surface area contributed by atoms with Crippen LogP contribution in [0.5, 0.6) is 0 Å². The van der Waals surface area contributed by atoms with Crippen LogP contribution in [0.15, 0.2) is 11.6 Å². The van der Waals surface area contributed by atoms with Gasteiger partial charge in [0.15, 0.2) is 10.8 Å². The van der Waals surface area contributed by atoms with Crippen molar-refractivity contribution in [3.63, 3.8) is 0 Å². The molecule has 2 aromatic rings. The normalized spacial score (nSPS) is 25.2.